The summed E-state index contributed by atoms with van der Waals surface area (Å²) >= 11 is 0. The van der Waals surface area contributed by atoms with Crippen molar-refractivity contribution in [1.82, 2.24) is 9.13 Å². The topological polar surface area (TPSA) is 28.3 Å². The van der Waals surface area contributed by atoms with Crippen molar-refractivity contribution in [3.8, 4) is 56.6 Å². The fourth-order valence-corrected chi connectivity index (χ4v) is 8.60. The molecule has 12 rings (SSSR count). The molecule has 0 radical (unpaired) electrons. The average molecular weight is 639 g/mol. The maximum absolute atomic E-state index is 6.76. The van der Waals surface area contributed by atoms with Crippen LogP contribution in [-0.4, -0.2) is 9.13 Å². The van der Waals surface area contributed by atoms with E-state index in [1.54, 1.807) is 0 Å². The van der Waals surface area contributed by atoms with Crippen LogP contribution in [0.15, 0.2) is 158 Å². The Hall–Kier alpha value is -6.78. The molecule has 2 aliphatic heterocycles. The third-order valence-corrected chi connectivity index (χ3v) is 10.7. The Labute approximate surface area is 286 Å². The van der Waals surface area contributed by atoms with Gasteiger partial charge in [0, 0.05) is 67.0 Å². The molecule has 0 N–H and O–H groups in total. The number of benzene rings is 8. The third-order valence-electron chi connectivity index (χ3n) is 10.7. The summed E-state index contributed by atoms with van der Waals surface area (Å²) in [5, 5.41) is 7.16. The second kappa shape index (κ2) is 9.43. The van der Waals surface area contributed by atoms with Crippen LogP contribution >= 0.6 is 0 Å². The number of ether oxygens (including phenoxy) is 2. The largest absolute Gasteiger partial charge is 0.456 e. The molecule has 50 heavy (non-hydrogen) atoms. The van der Waals surface area contributed by atoms with Crippen LogP contribution in [-0.2, 0) is 0 Å². The molecular formula is C46H26N2O2. The van der Waals surface area contributed by atoms with Gasteiger partial charge in [-0.2, -0.15) is 0 Å². The number of rotatable bonds is 2. The fourth-order valence-electron chi connectivity index (χ4n) is 8.60. The lowest BCUT2D eigenvalue weighted by atomic mass is 9.88. The molecule has 0 aliphatic carbocycles. The summed E-state index contributed by atoms with van der Waals surface area (Å²) in [6, 6.07) is 56.2. The number of fused-ring (bicyclic) bond motifs is 10. The van der Waals surface area contributed by atoms with Crippen molar-refractivity contribution in [1.29, 1.82) is 0 Å². The number of hydrogen-bond donors (Lipinski definition) is 0. The maximum Gasteiger partial charge on any atom is 0.137 e. The number of aromatic nitrogens is 2. The first-order valence-electron chi connectivity index (χ1n) is 17.0. The van der Waals surface area contributed by atoms with E-state index >= 15 is 0 Å². The smallest absolute Gasteiger partial charge is 0.137 e. The summed E-state index contributed by atoms with van der Waals surface area (Å²) in [4.78, 5) is 0. The van der Waals surface area contributed by atoms with E-state index in [1.165, 1.54) is 43.6 Å². The summed E-state index contributed by atoms with van der Waals surface area (Å²) in [5.74, 6) is 3.41. The van der Waals surface area contributed by atoms with Crippen molar-refractivity contribution in [3.05, 3.63) is 158 Å². The Morgan fingerprint density at radius 2 is 0.640 bits per heavy atom. The van der Waals surface area contributed by atoms with Gasteiger partial charge in [-0.05, 0) is 71.8 Å². The zero-order chi connectivity index (χ0) is 32.5. The third kappa shape index (κ3) is 3.34. The predicted molar refractivity (Wildman–Crippen MR) is 204 cm³/mol. The minimum absolute atomic E-state index is 0.849. The van der Waals surface area contributed by atoms with Crippen molar-refractivity contribution in [2.45, 2.75) is 0 Å². The Balaban J connectivity index is 1.01. The normalized spacial score (nSPS) is 12.7. The minimum Gasteiger partial charge on any atom is -0.456 e. The highest BCUT2D eigenvalue weighted by molar-refractivity contribution is 6.15. The number of hydrogen-bond acceptors (Lipinski definition) is 2. The molecule has 0 atom stereocenters. The average Bonchev–Trinajstić information content (AvgIpc) is 3.69. The predicted octanol–water partition coefficient (Wildman–Crippen LogP) is 12.6. The lowest BCUT2D eigenvalue weighted by molar-refractivity contribution is 0.475. The lowest BCUT2D eigenvalue weighted by Crippen LogP contribution is -2.04. The highest BCUT2D eigenvalue weighted by Gasteiger charge is 2.29. The maximum atomic E-state index is 6.76. The first-order chi connectivity index (χ1) is 24.8. The number of nitrogens with zero attached hydrogens (tertiary/aromatic N) is 2. The molecule has 10 aromatic rings. The van der Waals surface area contributed by atoms with Crippen LogP contribution in [0.2, 0.25) is 0 Å². The van der Waals surface area contributed by atoms with E-state index in [2.05, 4.69) is 167 Å². The molecule has 4 nitrogen and oxygen atoms in total. The van der Waals surface area contributed by atoms with Crippen LogP contribution in [0.1, 0.15) is 0 Å². The molecule has 4 heteroatoms. The van der Waals surface area contributed by atoms with E-state index in [9.17, 15) is 0 Å². The van der Waals surface area contributed by atoms with Crippen LogP contribution in [0, 0.1) is 0 Å². The standard InChI is InChI=1S/C46H26N2O2/c1-5-13-37-29(9-1)30-10-2-6-14-38(30)47(37)27-17-19-33-35-21-22-36-34-20-18-28(48-39-15-7-3-11-31(39)32-12-4-8-16-40(32)48)26-44(34)50-42-24-23-41(45(35)46(36)42)49-43(33)25-27/h1-26H. The molecule has 2 aliphatic rings. The monoisotopic (exact) mass is 638 g/mol. The second-order valence-corrected chi connectivity index (χ2v) is 13.3. The molecule has 0 saturated heterocycles. The van der Waals surface area contributed by atoms with Gasteiger partial charge in [0.15, 0.2) is 0 Å². The van der Waals surface area contributed by atoms with Crippen LogP contribution in [0.5, 0.6) is 23.0 Å². The van der Waals surface area contributed by atoms with E-state index in [0.717, 1.165) is 67.4 Å². The zero-order valence-electron chi connectivity index (χ0n) is 26.7. The van der Waals surface area contributed by atoms with E-state index in [0.29, 0.717) is 0 Å². The minimum atomic E-state index is 0.849. The Kier molecular flexibility index (Phi) is 4.94. The quantitative estimate of drug-likeness (QED) is 0.188. The van der Waals surface area contributed by atoms with E-state index < -0.39 is 0 Å². The van der Waals surface area contributed by atoms with Crippen LogP contribution in [0.25, 0.3) is 88.0 Å². The summed E-state index contributed by atoms with van der Waals surface area (Å²) in [7, 11) is 0. The molecule has 0 unspecified atom stereocenters. The summed E-state index contributed by atoms with van der Waals surface area (Å²) in [6.45, 7) is 0. The molecule has 0 fully saturated rings. The van der Waals surface area contributed by atoms with Crippen molar-refractivity contribution < 1.29 is 9.47 Å². The molecule has 4 heterocycles. The number of para-hydroxylation sites is 4. The van der Waals surface area contributed by atoms with Gasteiger partial charge in [-0.3, -0.25) is 0 Å². The Morgan fingerprint density at radius 1 is 0.300 bits per heavy atom. The fraction of sp³-hybridized carbons (Fsp3) is 0. The lowest BCUT2D eigenvalue weighted by Gasteiger charge is -2.28. The van der Waals surface area contributed by atoms with Gasteiger partial charge in [-0.15, -0.1) is 0 Å². The molecular weight excluding hydrogens is 613 g/mol. The molecule has 8 aromatic carbocycles. The van der Waals surface area contributed by atoms with Gasteiger partial charge in [0.05, 0.1) is 22.1 Å². The van der Waals surface area contributed by atoms with Gasteiger partial charge in [0.2, 0.25) is 0 Å². The van der Waals surface area contributed by atoms with Crippen LogP contribution in [0.4, 0.5) is 0 Å². The molecule has 0 spiro atoms. The molecule has 0 saturated carbocycles. The van der Waals surface area contributed by atoms with Gasteiger partial charge >= 0.3 is 0 Å². The van der Waals surface area contributed by atoms with Crippen molar-refractivity contribution in [2.75, 3.05) is 0 Å². The van der Waals surface area contributed by atoms with Crippen LogP contribution < -0.4 is 9.47 Å². The van der Waals surface area contributed by atoms with E-state index in [1.807, 2.05) is 0 Å². The van der Waals surface area contributed by atoms with E-state index in [-0.39, 0.29) is 0 Å². The molecule has 232 valence electrons. The van der Waals surface area contributed by atoms with Gasteiger partial charge in [0.1, 0.15) is 23.0 Å². The van der Waals surface area contributed by atoms with Crippen molar-refractivity contribution in [3.63, 3.8) is 0 Å². The van der Waals surface area contributed by atoms with Gasteiger partial charge in [-0.1, -0.05) is 84.9 Å². The van der Waals surface area contributed by atoms with Gasteiger partial charge in [-0.25, -0.2) is 0 Å². The summed E-state index contributed by atoms with van der Waals surface area (Å²) in [5.41, 5.74) is 11.4. The molecule has 2 aromatic heterocycles. The second-order valence-electron chi connectivity index (χ2n) is 13.3. The van der Waals surface area contributed by atoms with Crippen LogP contribution in [0.3, 0.4) is 0 Å². The Morgan fingerprint density at radius 3 is 1.02 bits per heavy atom. The Bertz CT molecular complexity index is 2790. The zero-order valence-corrected chi connectivity index (χ0v) is 26.7. The van der Waals surface area contributed by atoms with Gasteiger partial charge < -0.3 is 18.6 Å². The first kappa shape index (κ1) is 26.2. The first-order valence-corrected chi connectivity index (χ1v) is 17.0. The van der Waals surface area contributed by atoms with Gasteiger partial charge in [0.25, 0.3) is 0 Å². The summed E-state index contributed by atoms with van der Waals surface area (Å²) < 4.78 is 18.2. The SMILES string of the molecule is c1ccc2c(c1)c1ccccc1n2-c1ccc2c(c1)Oc1ccc3c4c(ccc-2c14)-c1ccc(-n2c4ccccc4c4ccccc42)cc1O3. The molecule has 0 amide bonds. The van der Waals surface area contributed by atoms with E-state index in [4.69, 9.17) is 9.47 Å². The molecule has 0 bridgehead atoms. The highest BCUT2D eigenvalue weighted by Crippen LogP contribution is 2.55. The van der Waals surface area contributed by atoms with Crippen molar-refractivity contribution in [2.24, 2.45) is 0 Å². The highest BCUT2D eigenvalue weighted by atomic mass is 16.5. The summed E-state index contributed by atoms with van der Waals surface area (Å²) in [6.07, 6.45) is 0. The van der Waals surface area contributed by atoms with Crippen molar-refractivity contribution >= 4 is 54.4 Å².